The monoisotopic (exact) mass is 217 g/mol. The van der Waals surface area contributed by atoms with Crippen LogP contribution in [0.15, 0.2) is 18.2 Å². The molecule has 1 atom stereocenters. The molecule has 1 saturated heterocycles. The third kappa shape index (κ3) is 2.07. The summed E-state index contributed by atoms with van der Waals surface area (Å²) in [7, 11) is 0. The van der Waals surface area contributed by atoms with Gasteiger partial charge in [-0.1, -0.05) is 12.1 Å². The summed E-state index contributed by atoms with van der Waals surface area (Å²) in [5.41, 5.74) is 2.89. The lowest BCUT2D eigenvalue weighted by Crippen LogP contribution is -2.30. The van der Waals surface area contributed by atoms with Crippen LogP contribution in [-0.4, -0.2) is 19.7 Å². The maximum Gasteiger partial charge on any atom is 0.122 e. The Bertz CT molecular complexity index is 369. The van der Waals surface area contributed by atoms with Gasteiger partial charge in [-0.2, -0.15) is 0 Å². The van der Waals surface area contributed by atoms with Crippen LogP contribution in [0.5, 0.6) is 5.75 Å². The second kappa shape index (κ2) is 4.46. The Morgan fingerprint density at radius 1 is 1.38 bits per heavy atom. The van der Waals surface area contributed by atoms with Crippen molar-refractivity contribution in [3.63, 3.8) is 0 Å². The van der Waals surface area contributed by atoms with Gasteiger partial charge in [0.1, 0.15) is 5.75 Å². The molecule has 0 spiro atoms. The standard InChI is InChI=1S/C14H19NO/c1-2-12(10-15-6-1)8-11-3-4-14-13(9-11)5-7-16-14/h3-4,9,12,15H,1-2,5-8,10H2. The second-order valence-electron chi connectivity index (χ2n) is 4.96. The maximum absolute atomic E-state index is 5.53. The predicted molar refractivity (Wildman–Crippen MR) is 64.9 cm³/mol. The molecule has 2 heterocycles. The molecule has 0 amide bonds. The molecule has 0 saturated carbocycles. The summed E-state index contributed by atoms with van der Waals surface area (Å²) in [5, 5.41) is 3.48. The Morgan fingerprint density at radius 3 is 3.25 bits per heavy atom. The number of benzene rings is 1. The third-order valence-corrected chi connectivity index (χ3v) is 3.68. The van der Waals surface area contributed by atoms with Crippen LogP contribution in [0, 0.1) is 5.92 Å². The largest absolute Gasteiger partial charge is 0.493 e. The van der Waals surface area contributed by atoms with Crippen molar-refractivity contribution >= 4 is 0 Å². The SMILES string of the molecule is c1cc2c(cc1CC1CCCNC1)CCO2. The van der Waals surface area contributed by atoms with E-state index in [4.69, 9.17) is 4.74 Å². The fourth-order valence-electron chi connectivity index (χ4n) is 2.80. The van der Waals surface area contributed by atoms with E-state index in [-0.39, 0.29) is 0 Å². The molecule has 0 aromatic heterocycles. The predicted octanol–water partition coefficient (Wildman–Crippen LogP) is 2.16. The number of hydrogen-bond acceptors (Lipinski definition) is 2. The van der Waals surface area contributed by atoms with E-state index in [1.165, 1.54) is 43.5 Å². The van der Waals surface area contributed by atoms with Gasteiger partial charge in [0.25, 0.3) is 0 Å². The lowest BCUT2D eigenvalue weighted by atomic mass is 9.91. The summed E-state index contributed by atoms with van der Waals surface area (Å²) in [6.45, 7) is 3.26. The van der Waals surface area contributed by atoms with Crippen LogP contribution in [-0.2, 0) is 12.8 Å². The Labute approximate surface area is 97.0 Å². The van der Waals surface area contributed by atoms with Crippen LogP contribution in [0.4, 0.5) is 0 Å². The lowest BCUT2D eigenvalue weighted by molar-refractivity contribution is 0.356. The number of fused-ring (bicyclic) bond motifs is 1. The van der Waals surface area contributed by atoms with Crippen molar-refractivity contribution in [3.8, 4) is 5.75 Å². The number of hydrogen-bond donors (Lipinski definition) is 1. The average Bonchev–Trinajstić information content (AvgIpc) is 2.77. The summed E-state index contributed by atoms with van der Waals surface area (Å²) >= 11 is 0. The highest BCUT2D eigenvalue weighted by Gasteiger charge is 2.16. The lowest BCUT2D eigenvalue weighted by Gasteiger charge is -2.22. The molecule has 2 nitrogen and oxygen atoms in total. The fourth-order valence-corrected chi connectivity index (χ4v) is 2.80. The molecule has 2 heteroatoms. The van der Waals surface area contributed by atoms with Gasteiger partial charge >= 0.3 is 0 Å². The van der Waals surface area contributed by atoms with Crippen LogP contribution in [0.25, 0.3) is 0 Å². The maximum atomic E-state index is 5.53. The fraction of sp³-hybridized carbons (Fsp3) is 0.571. The molecule has 2 aliphatic heterocycles. The van der Waals surface area contributed by atoms with Crippen molar-refractivity contribution in [2.45, 2.75) is 25.7 Å². The minimum atomic E-state index is 0.828. The van der Waals surface area contributed by atoms with E-state index < -0.39 is 0 Å². The molecule has 86 valence electrons. The van der Waals surface area contributed by atoms with Crippen molar-refractivity contribution < 1.29 is 4.74 Å². The van der Waals surface area contributed by atoms with E-state index in [0.29, 0.717) is 0 Å². The summed E-state index contributed by atoms with van der Waals surface area (Å²) in [5.74, 6) is 1.93. The first-order valence-electron chi connectivity index (χ1n) is 6.37. The zero-order chi connectivity index (χ0) is 10.8. The molecule has 0 aliphatic carbocycles. The van der Waals surface area contributed by atoms with Crippen molar-refractivity contribution in [1.29, 1.82) is 0 Å². The summed E-state index contributed by atoms with van der Waals surface area (Å²) in [4.78, 5) is 0. The Morgan fingerprint density at radius 2 is 2.38 bits per heavy atom. The number of nitrogens with one attached hydrogen (secondary N) is 1. The van der Waals surface area contributed by atoms with Gasteiger partial charge in [-0.05, 0) is 55.5 Å². The molecular weight excluding hydrogens is 198 g/mol. The molecule has 1 aromatic rings. The Kier molecular flexibility index (Phi) is 2.83. The first kappa shape index (κ1) is 10.2. The number of rotatable bonds is 2. The third-order valence-electron chi connectivity index (χ3n) is 3.68. The Hall–Kier alpha value is -1.02. The van der Waals surface area contributed by atoms with Gasteiger partial charge in [0.2, 0.25) is 0 Å². The second-order valence-corrected chi connectivity index (χ2v) is 4.96. The van der Waals surface area contributed by atoms with Gasteiger partial charge in [-0.15, -0.1) is 0 Å². The zero-order valence-electron chi connectivity index (χ0n) is 9.67. The van der Waals surface area contributed by atoms with E-state index in [2.05, 4.69) is 23.5 Å². The van der Waals surface area contributed by atoms with Crippen LogP contribution in [0.3, 0.4) is 0 Å². The van der Waals surface area contributed by atoms with Crippen molar-refractivity contribution in [2.75, 3.05) is 19.7 Å². The Balaban J connectivity index is 1.69. The zero-order valence-corrected chi connectivity index (χ0v) is 9.67. The molecule has 16 heavy (non-hydrogen) atoms. The van der Waals surface area contributed by atoms with Gasteiger partial charge in [0, 0.05) is 6.42 Å². The molecule has 2 aliphatic rings. The normalized spacial score (nSPS) is 23.9. The van der Waals surface area contributed by atoms with E-state index in [1.54, 1.807) is 0 Å². The van der Waals surface area contributed by atoms with Gasteiger partial charge in [0.05, 0.1) is 6.61 Å². The minimum Gasteiger partial charge on any atom is -0.493 e. The van der Waals surface area contributed by atoms with Crippen LogP contribution in [0.2, 0.25) is 0 Å². The molecule has 1 unspecified atom stereocenters. The molecule has 0 bridgehead atoms. The van der Waals surface area contributed by atoms with E-state index in [1.807, 2.05) is 0 Å². The summed E-state index contributed by atoms with van der Waals surface area (Å²) in [6, 6.07) is 6.73. The van der Waals surface area contributed by atoms with Crippen molar-refractivity contribution in [2.24, 2.45) is 5.92 Å². The minimum absolute atomic E-state index is 0.828. The summed E-state index contributed by atoms with van der Waals surface area (Å²) in [6.07, 6.45) is 5.02. The van der Waals surface area contributed by atoms with Crippen molar-refractivity contribution in [3.05, 3.63) is 29.3 Å². The quantitative estimate of drug-likeness (QED) is 0.819. The smallest absolute Gasteiger partial charge is 0.122 e. The highest BCUT2D eigenvalue weighted by Crippen LogP contribution is 2.27. The summed E-state index contributed by atoms with van der Waals surface area (Å²) < 4.78 is 5.53. The molecular formula is C14H19NO. The molecule has 1 fully saturated rings. The molecule has 3 rings (SSSR count). The van der Waals surface area contributed by atoms with Crippen molar-refractivity contribution in [1.82, 2.24) is 5.32 Å². The highest BCUT2D eigenvalue weighted by atomic mass is 16.5. The van der Waals surface area contributed by atoms with E-state index in [0.717, 1.165) is 24.7 Å². The van der Waals surface area contributed by atoms with Gasteiger partial charge in [-0.3, -0.25) is 0 Å². The van der Waals surface area contributed by atoms with E-state index >= 15 is 0 Å². The first-order chi connectivity index (χ1) is 7.92. The number of piperidine rings is 1. The van der Waals surface area contributed by atoms with Crippen LogP contribution in [0.1, 0.15) is 24.0 Å². The molecule has 1 N–H and O–H groups in total. The number of ether oxygens (including phenoxy) is 1. The topological polar surface area (TPSA) is 21.3 Å². The first-order valence-corrected chi connectivity index (χ1v) is 6.37. The molecule has 0 radical (unpaired) electrons. The van der Waals surface area contributed by atoms with Gasteiger partial charge < -0.3 is 10.1 Å². The molecule has 1 aromatic carbocycles. The van der Waals surface area contributed by atoms with Crippen LogP contribution < -0.4 is 10.1 Å². The van der Waals surface area contributed by atoms with Gasteiger partial charge in [-0.25, -0.2) is 0 Å². The average molecular weight is 217 g/mol. The van der Waals surface area contributed by atoms with Gasteiger partial charge in [0.15, 0.2) is 0 Å². The van der Waals surface area contributed by atoms with Crippen LogP contribution >= 0.6 is 0 Å². The highest BCUT2D eigenvalue weighted by molar-refractivity contribution is 5.39. The van der Waals surface area contributed by atoms with E-state index in [9.17, 15) is 0 Å².